The molecule has 0 aliphatic heterocycles. The topological polar surface area (TPSA) is 50.9 Å². The molecular formula is C21H24F3N3. The third-order valence-electron chi connectivity index (χ3n) is 5.71. The first kappa shape index (κ1) is 18.4. The predicted octanol–water partition coefficient (Wildman–Crippen LogP) is 4.48. The van der Waals surface area contributed by atoms with Crippen molar-refractivity contribution in [2.45, 2.75) is 62.3 Å². The van der Waals surface area contributed by atoms with E-state index < -0.39 is 11.7 Å². The highest BCUT2D eigenvalue weighted by Gasteiger charge is 2.40. The minimum absolute atomic E-state index is 0.352. The highest BCUT2D eigenvalue weighted by molar-refractivity contribution is 5.60. The molecule has 0 unspecified atom stereocenters. The number of pyridine rings is 1. The summed E-state index contributed by atoms with van der Waals surface area (Å²) in [6, 6.07) is 10.5. The lowest BCUT2D eigenvalue weighted by Gasteiger charge is -2.27. The zero-order chi connectivity index (χ0) is 19.0. The summed E-state index contributed by atoms with van der Waals surface area (Å²) in [5.41, 5.74) is 7.51. The molecule has 4 rings (SSSR count). The molecule has 3 nitrogen and oxygen atoms in total. The fraction of sp³-hybridized carbons (Fsp3) is 0.476. The van der Waals surface area contributed by atoms with E-state index in [1.807, 2.05) is 12.1 Å². The molecule has 0 radical (unpaired) electrons. The molecule has 0 bridgehead atoms. The Morgan fingerprint density at radius 2 is 1.81 bits per heavy atom. The molecule has 2 atom stereocenters. The van der Waals surface area contributed by atoms with E-state index in [-0.39, 0.29) is 0 Å². The normalized spacial score (nSPS) is 28.1. The molecule has 0 amide bonds. The van der Waals surface area contributed by atoms with Crippen molar-refractivity contribution in [2.24, 2.45) is 5.73 Å². The number of alkyl halides is 3. The molecule has 2 aliphatic rings. The highest BCUT2D eigenvalue weighted by Crippen LogP contribution is 2.42. The number of halogens is 3. The van der Waals surface area contributed by atoms with Crippen LogP contribution in [-0.2, 0) is 6.18 Å². The number of hydrogen-bond donors (Lipinski definition) is 2. The second-order valence-corrected chi connectivity index (χ2v) is 7.78. The van der Waals surface area contributed by atoms with E-state index in [9.17, 15) is 13.2 Å². The Balaban J connectivity index is 1.39. The van der Waals surface area contributed by atoms with Crippen LogP contribution in [0.15, 0.2) is 42.6 Å². The van der Waals surface area contributed by atoms with Crippen LogP contribution in [-0.4, -0.2) is 23.1 Å². The summed E-state index contributed by atoms with van der Waals surface area (Å²) in [4.78, 5) is 4.41. The summed E-state index contributed by atoms with van der Waals surface area (Å²) in [5.74, 6) is 0.448. The average molecular weight is 375 g/mol. The van der Waals surface area contributed by atoms with Crippen LogP contribution >= 0.6 is 0 Å². The van der Waals surface area contributed by atoms with E-state index in [2.05, 4.69) is 10.3 Å². The van der Waals surface area contributed by atoms with Gasteiger partial charge in [0, 0.05) is 35.8 Å². The van der Waals surface area contributed by atoms with Crippen LogP contribution in [0.1, 0.15) is 49.1 Å². The molecule has 27 heavy (non-hydrogen) atoms. The van der Waals surface area contributed by atoms with Crippen LogP contribution in [0.25, 0.3) is 11.3 Å². The minimum Gasteiger partial charge on any atom is -0.328 e. The van der Waals surface area contributed by atoms with E-state index in [0.29, 0.717) is 35.3 Å². The van der Waals surface area contributed by atoms with Gasteiger partial charge in [0.1, 0.15) is 0 Å². The van der Waals surface area contributed by atoms with E-state index >= 15 is 0 Å². The molecule has 0 spiro atoms. The SMILES string of the molecule is NC1CCC(N[C@@H]2C[C@H]2c2ccc(-c3cccc(C(F)(F)F)c3)nc2)CC1. The van der Waals surface area contributed by atoms with Crippen molar-refractivity contribution in [1.29, 1.82) is 0 Å². The Morgan fingerprint density at radius 1 is 1.04 bits per heavy atom. The summed E-state index contributed by atoms with van der Waals surface area (Å²) >= 11 is 0. The third kappa shape index (κ3) is 4.33. The van der Waals surface area contributed by atoms with Gasteiger partial charge in [-0.3, -0.25) is 4.98 Å². The lowest BCUT2D eigenvalue weighted by molar-refractivity contribution is -0.137. The molecule has 1 aromatic heterocycles. The maximum Gasteiger partial charge on any atom is 0.416 e. The van der Waals surface area contributed by atoms with Gasteiger partial charge >= 0.3 is 6.18 Å². The minimum atomic E-state index is -4.34. The summed E-state index contributed by atoms with van der Waals surface area (Å²) in [6.45, 7) is 0. The third-order valence-corrected chi connectivity index (χ3v) is 5.71. The number of nitrogens with two attached hydrogens (primary N) is 1. The number of nitrogens with one attached hydrogen (secondary N) is 1. The summed E-state index contributed by atoms with van der Waals surface area (Å²) in [5, 5.41) is 3.72. The van der Waals surface area contributed by atoms with Crippen LogP contribution in [0.4, 0.5) is 13.2 Å². The molecule has 1 heterocycles. The second-order valence-electron chi connectivity index (χ2n) is 7.78. The van der Waals surface area contributed by atoms with E-state index in [1.54, 1.807) is 12.3 Å². The number of aromatic nitrogens is 1. The van der Waals surface area contributed by atoms with Gasteiger partial charge in [-0.2, -0.15) is 13.2 Å². The van der Waals surface area contributed by atoms with Crippen molar-refractivity contribution in [2.75, 3.05) is 0 Å². The molecule has 0 saturated heterocycles. The Labute approximate surface area is 157 Å². The van der Waals surface area contributed by atoms with Gasteiger partial charge < -0.3 is 11.1 Å². The van der Waals surface area contributed by atoms with Gasteiger partial charge in [-0.05, 0) is 55.9 Å². The van der Waals surface area contributed by atoms with Crippen molar-refractivity contribution in [1.82, 2.24) is 10.3 Å². The summed E-state index contributed by atoms with van der Waals surface area (Å²) in [7, 11) is 0. The van der Waals surface area contributed by atoms with E-state index in [1.165, 1.54) is 6.07 Å². The van der Waals surface area contributed by atoms with Crippen molar-refractivity contribution in [3.8, 4) is 11.3 Å². The Kier molecular flexibility index (Phi) is 4.95. The molecule has 2 aromatic rings. The van der Waals surface area contributed by atoms with Gasteiger partial charge in [0.05, 0.1) is 11.3 Å². The Bertz CT molecular complexity index is 780. The molecule has 1 aromatic carbocycles. The van der Waals surface area contributed by atoms with Crippen LogP contribution < -0.4 is 11.1 Å². The number of nitrogens with zero attached hydrogens (tertiary/aromatic N) is 1. The van der Waals surface area contributed by atoms with Gasteiger partial charge in [0.25, 0.3) is 0 Å². The van der Waals surface area contributed by atoms with Crippen molar-refractivity contribution >= 4 is 0 Å². The Morgan fingerprint density at radius 3 is 2.48 bits per heavy atom. The predicted molar refractivity (Wildman–Crippen MR) is 99.2 cm³/mol. The molecular weight excluding hydrogens is 351 g/mol. The first-order chi connectivity index (χ1) is 12.9. The van der Waals surface area contributed by atoms with Gasteiger partial charge in [-0.15, -0.1) is 0 Å². The van der Waals surface area contributed by atoms with Gasteiger partial charge in [0.15, 0.2) is 0 Å². The second kappa shape index (κ2) is 7.24. The fourth-order valence-electron chi connectivity index (χ4n) is 3.99. The standard InChI is InChI=1S/C21H24F3N3/c22-21(23,24)15-3-1-2-13(10-15)19-9-4-14(12-26-19)18-11-20(18)27-17-7-5-16(25)6-8-17/h1-4,9-10,12,16-18,20,27H,5-8,11,25H2/t16?,17?,18-,20+/m0/s1. The first-order valence-corrected chi connectivity index (χ1v) is 9.55. The monoisotopic (exact) mass is 375 g/mol. The van der Waals surface area contributed by atoms with Crippen LogP contribution in [0.5, 0.6) is 0 Å². The molecule has 3 N–H and O–H groups in total. The van der Waals surface area contributed by atoms with Gasteiger partial charge in [-0.25, -0.2) is 0 Å². The van der Waals surface area contributed by atoms with Gasteiger partial charge in [-0.1, -0.05) is 18.2 Å². The number of hydrogen-bond acceptors (Lipinski definition) is 3. The van der Waals surface area contributed by atoms with E-state index in [4.69, 9.17) is 5.73 Å². The highest BCUT2D eigenvalue weighted by atomic mass is 19.4. The molecule has 2 aliphatic carbocycles. The lowest BCUT2D eigenvalue weighted by atomic mass is 9.92. The van der Waals surface area contributed by atoms with E-state index in [0.717, 1.165) is 49.8 Å². The van der Waals surface area contributed by atoms with Crippen molar-refractivity contribution in [3.05, 3.63) is 53.7 Å². The summed E-state index contributed by atoms with van der Waals surface area (Å²) < 4.78 is 38.7. The Hall–Kier alpha value is -1.92. The smallest absolute Gasteiger partial charge is 0.328 e. The maximum absolute atomic E-state index is 12.9. The quantitative estimate of drug-likeness (QED) is 0.828. The van der Waals surface area contributed by atoms with Crippen LogP contribution in [0, 0.1) is 0 Å². The summed E-state index contributed by atoms with van der Waals surface area (Å²) in [6.07, 6.45) is 3.00. The van der Waals surface area contributed by atoms with Crippen molar-refractivity contribution < 1.29 is 13.2 Å². The average Bonchev–Trinajstić information content (AvgIpc) is 3.42. The molecule has 144 valence electrons. The lowest BCUT2D eigenvalue weighted by Crippen LogP contribution is -2.38. The zero-order valence-electron chi connectivity index (χ0n) is 15.0. The maximum atomic E-state index is 12.9. The first-order valence-electron chi connectivity index (χ1n) is 9.55. The van der Waals surface area contributed by atoms with Crippen molar-refractivity contribution in [3.63, 3.8) is 0 Å². The van der Waals surface area contributed by atoms with Gasteiger partial charge in [0.2, 0.25) is 0 Å². The zero-order valence-corrected chi connectivity index (χ0v) is 15.0. The number of benzene rings is 1. The fourth-order valence-corrected chi connectivity index (χ4v) is 3.99. The molecule has 2 fully saturated rings. The molecule has 2 saturated carbocycles. The molecule has 6 heteroatoms. The van der Waals surface area contributed by atoms with Crippen LogP contribution in [0.2, 0.25) is 0 Å². The number of rotatable bonds is 4. The largest absolute Gasteiger partial charge is 0.416 e. The van der Waals surface area contributed by atoms with Crippen LogP contribution in [0.3, 0.4) is 0 Å².